The predicted molar refractivity (Wildman–Crippen MR) is 111 cm³/mol. The Hall–Kier alpha value is -1.80. The lowest BCUT2D eigenvalue weighted by Crippen LogP contribution is -2.45. The molecule has 3 rings (SSSR count). The molecule has 2 aliphatic rings. The van der Waals surface area contributed by atoms with Gasteiger partial charge in [0.05, 0.1) is 17.6 Å². The molecule has 1 heterocycles. The molecule has 0 unspecified atom stereocenters. The van der Waals surface area contributed by atoms with Crippen molar-refractivity contribution in [2.24, 2.45) is 11.3 Å². The molecule has 1 aliphatic carbocycles. The van der Waals surface area contributed by atoms with Crippen molar-refractivity contribution in [3.8, 4) is 5.75 Å². The van der Waals surface area contributed by atoms with Gasteiger partial charge in [0.1, 0.15) is 5.75 Å². The first-order valence-electron chi connectivity index (χ1n) is 10.9. The summed E-state index contributed by atoms with van der Waals surface area (Å²) in [6.45, 7) is 4.40. The van der Waals surface area contributed by atoms with E-state index in [1.54, 1.807) is 17.0 Å². The van der Waals surface area contributed by atoms with E-state index < -0.39 is 23.8 Å². The minimum atomic E-state index is -4.39. The summed E-state index contributed by atoms with van der Waals surface area (Å²) in [7, 11) is 0. The fourth-order valence-corrected chi connectivity index (χ4v) is 4.34. The number of halogens is 3. The summed E-state index contributed by atoms with van der Waals surface area (Å²) in [6.07, 6.45) is -0.455. The smallest absolute Gasteiger partial charge is 0.422 e. The second-order valence-electron chi connectivity index (χ2n) is 9.34. The largest absolute Gasteiger partial charge is 0.484 e. The van der Waals surface area contributed by atoms with Gasteiger partial charge in [0.15, 0.2) is 6.61 Å². The number of nitrogens with zero attached hydrogens (tertiary/aromatic N) is 1. The molecule has 0 atom stereocenters. The summed E-state index contributed by atoms with van der Waals surface area (Å²) >= 11 is 0. The molecule has 1 spiro atoms. The molecular weight excluding hydrogens is 411 g/mol. The second kappa shape index (κ2) is 9.36. The Balaban J connectivity index is 1.54. The Morgan fingerprint density at radius 1 is 1.10 bits per heavy atom. The van der Waals surface area contributed by atoms with E-state index in [9.17, 15) is 23.1 Å². The van der Waals surface area contributed by atoms with E-state index in [1.165, 1.54) is 12.1 Å². The third-order valence-corrected chi connectivity index (χ3v) is 6.41. The van der Waals surface area contributed by atoms with Gasteiger partial charge in [-0.3, -0.25) is 4.79 Å². The first-order chi connectivity index (χ1) is 14.5. The zero-order valence-corrected chi connectivity index (χ0v) is 18.2. The molecule has 174 valence electrons. The van der Waals surface area contributed by atoms with Crippen molar-refractivity contribution in [3.63, 3.8) is 0 Å². The average molecular weight is 444 g/mol. The maximum Gasteiger partial charge on any atom is 0.422 e. The number of carbonyl (C=O) groups excluding carboxylic acids is 1. The molecule has 1 aromatic rings. The second-order valence-corrected chi connectivity index (χ2v) is 9.34. The summed E-state index contributed by atoms with van der Waals surface area (Å²) in [4.78, 5) is 14.9. The van der Waals surface area contributed by atoms with Crippen LogP contribution in [0.15, 0.2) is 24.3 Å². The van der Waals surface area contributed by atoms with Crippen molar-refractivity contribution in [2.45, 2.75) is 64.1 Å². The maximum absolute atomic E-state index is 13.2. The van der Waals surface area contributed by atoms with Gasteiger partial charge < -0.3 is 19.5 Å². The number of hydrogen-bond donors (Lipinski definition) is 1. The fourth-order valence-electron chi connectivity index (χ4n) is 4.34. The van der Waals surface area contributed by atoms with Gasteiger partial charge in [-0.25, -0.2) is 0 Å². The van der Waals surface area contributed by atoms with Crippen LogP contribution in [0.25, 0.3) is 0 Å². The van der Waals surface area contributed by atoms with Crippen LogP contribution in [-0.2, 0) is 9.53 Å². The van der Waals surface area contributed by atoms with Crippen LogP contribution in [0.1, 0.15) is 52.4 Å². The fraction of sp³-hybridized carbons (Fsp3) is 0.696. The van der Waals surface area contributed by atoms with Crippen LogP contribution in [0.5, 0.6) is 5.75 Å². The molecule has 1 amide bonds. The lowest BCUT2D eigenvalue weighted by molar-refractivity contribution is -0.153. The van der Waals surface area contributed by atoms with Gasteiger partial charge in [0.25, 0.3) is 0 Å². The van der Waals surface area contributed by atoms with Crippen molar-refractivity contribution < 1.29 is 32.5 Å². The van der Waals surface area contributed by atoms with E-state index in [2.05, 4.69) is 13.8 Å². The SMILES string of the molecule is CC(C)CCOCC1(O)CCC2(CCN(c3ccc(OCC(F)(F)F)cc3)C2=O)CC1. The molecule has 1 saturated heterocycles. The van der Waals surface area contributed by atoms with Gasteiger partial charge in [-0.15, -0.1) is 0 Å². The number of hydrogen-bond acceptors (Lipinski definition) is 4. The Morgan fingerprint density at radius 2 is 1.74 bits per heavy atom. The van der Waals surface area contributed by atoms with E-state index in [4.69, 9.17) is 9.47 Å². The molecule has 1 aliphatic heterocycles. The highest BCUT2D eigenvalue weighted by Crippen LogP contribution is 2.48. The minimum Gasteiger partial charge on any atom is -0.484 e. The zero-order chi connectivity index (χ0) is 22.7. The molecule has 2 fully saturated rings. The van der Waals surface area contributed by atoms with Crippen LogP contribution in [0.4, 0.5) is 18.9 Å². The molecule has 0 radical (unpaired) electrons. The van der Waals surface area contributed by atoms with Gasteiger partial charge in [0.2, 0.25) is 5.91 Å². The molecule has 0 aromatic heterocycles. The molecule has 5 nitrogen and oxygen atoms in total. The van der Waals surface area contributed by atoms with Gasteiger partial charge in [-0.05, 0) is 68.7 Å². The third kappa shape index (κ3) is 6.13. The highest BCUT2D eigenvalue weighted by Gasteiger charge is 2.51. The van der Waals surface area contributed by atoms with Crippen LogP contribution in [0, 0.1) is 11.3 Å². The van der Waals surface area contributed by atoms with E-state index in [-0.39, 0.29) is 11.7 Å². The predicted octanol–water partition coefficient (Wildman–Crippen LogP) is 4.72. The molecular formula is C23H32F3NO4. The number of aliphatic hydroxyl groups is 1. The zero-order valence-electron chi connectivity index (χ0n) is 18.2. The summed E-state index contributed by atoms with van der Waals surface area (Å²) in [5, 5.41) is 10.8. The molecule has 1 N–H and O–H groups in total. The summed E-state index contributed by atoms with van der Waals surface area (Å²) in [5.74, 6) is 0.693. The van der Waals surface area contributed by atoms with Crippen molar-refractivity contribution >= 4 is 11.6 Å². The average Bonchev–Trinajstić information content (AvgIpc) is 3.03. The van der Waals surface area contributed by atoms with E-state index >= 15 is 0 Å². The lowest BCUT2D eigenvalue weighted by Gasteiger charge is -2.40. The summed E-state index contributed by atoms with van der Waals surface area (Å²) < 4.78 is 47.3. The maximum atomic E-state index is 13.2. The topological polar surface area (TPSA) is 59.0 Å². The summed E-state index contributed by atoms with van der Waals surface area (Å²) in [6, 6.07) is 6.13. The molecule has 8 heteroatoms. The van der Waals surface area contributed by atoms with Crippen molar-refractivity contribution in [1.82, 2.24) is 0 Å². The highest BCUT2D eigenvalue weighted by molar-refractivity contribution is 6.00. The molecule has 1 aromatic carbocycles. The standard InChI is InChI=1S/C23H32F3NO4/c1-17(2)7-14-30-15-22(29)10-8-21(9-11-22)12-13-27(20(21)28)18-3-5-19(6-4-18)31-16-23(24,25)26/h3-6,17,29H,7-16H2,1-2H3. The van der Waals surface area contributed by atoms with Crippen LogP contribution in [-0.4, -0.2) is 49.2 Å². The van der Waals surface area contributed by atoms with E-state index in [0.717, 1.165) is 6.42 Å². The Kier molecular flexibility index (Phi) is 7.21. The molecule has 1 saturated carbocycles. The van der Waals surface area contributed by atoms with Gasteiger partial charge >= 0.3 is 6.18 Å². The first-order valence-corrected chi connectivity index (χ1v) is 10.9. The molecule has 31 heavy (non-hydrogen) atoms. The number of rotatable bonds is 8. The number of alkyl halides is 3. The van der Waals surface area contributed by atoms with Crippen LogP contribution < -0.4 is 9.64 Å². The Labute approximate surface area is 181 Å². The van der Waals surface area contributed by atoms with Crippen molar-refractivity contribution in [3.05, 3.63) is 24.3 Å². The van der Waals surface area contributed by atoms with Gasteiger partial charge in [-0.2, -0.15) is 13.2 Å². The quantitative estimate of drug-likeness (QED) is 0.591. The van der Waals surface area contributed by atoms with Crippen molar-refractivity contribution in [1.29, 1.82) is 0 Å². The van der Waals surface area contributed by atoms with Crippen LogP contribution in [0.2, 0.25) is 0 Å². The number of benzene rings is 1. The van der Waals surface area contributed by atoms with Gasteiger partial charge in [-0.1, -0.05) is 13.8 Å². The minimum absolute atomic E-state index is 0.0271. The number of carbonyl (C=O) groups is 1. The van der Waals surface area contributed by atoms with E-state index in [1.807, 2.05) is 0 Å². The van der Waals surface area contributed by atoms with E-state index in [0.29, 0.717) is 63.5 Å². The van der Waals surface area contributed by atoms with Gasteiger partial charge in [0, 0.05) is 18.8 Å². The first kappa shape index (κ1) is 23.9. The van der Waals surface area contributed by atoms with Crippen LogP contribution in [0.3, 0.4) is 0 Å². The monoisotopic (exact) mass is 443 g/mol. The number of amides is 1. The third-order valence-electron chi connectivity index (χ3n) is 6.41. The van der Waals surface area contributed by atoms with Crippen LogP contribution >= 0.6 is 0 Å². The van der Waals surface area contributed by atoms with Crippen molar-refractivity contribution in [2.75, 3.05) is 31.3 Å². The lowest BCUT2D eigenvalue weighted by atomic mass is 9.68. The number of anilines is 1. The Bertz CT molecular complexity index is 740. The number of ether oxygens (including phenoxy) is 2. The summed E-state index contributed by atoms with van der Waals surface area (Å²) in [5.41, 5.74) is -0.706. The normalized spacial score (nSPS) is 26.8. The molecule has 0 bridgehead atoms. The highest BCUT2D eigenvalue weighted by atomic mass is 19.4. The Morgan fingerprint density at radius 3 is 2.32 bits per heavy atom.